The smallest absolute Gasteiger partial charge is 0.245 e. The number of nitrogens with zero attached hydrogens (tertiary/aromatic N) is 6. The molecule has 7 nitrogen and oxygen atoms in total. The van der Waals surface area contributed by atoms with Crippen LogP contribution in [0.1, 0.15) is 70.0 Å². The van der Waals surface area contributed by atoms with E-state index in [1.807, 2.05) is 22.6 Å². The summed E-state index contributed by atoms with van der Waals surface area (Å²) in [7, 11) is 0. The van der Waals surface area contributed by atoms with Crippen molar-refractivity contribution < 1.29 is 4.79 Å². The molecule has 7 heteroatoms. The summed E-state index contributed by atoms with van der Waals surface area (Å²) in [5, 5.41) is 8.64. The molecule has 0 saturated heterocycles. The first-order chi connectivity index (χ1) is 11.9. The number of fused-ring (bicyclic) bond motifs is 1. The van der Waals surface area contributed by atoms with E-state index in [2.05, 4.69) is 47.4 Å². The van der Waals surface area contributed by atoms with Gasteiger partial charge in [0.2, 0.25) is 5.91 Å². The summed E-state index contributed by atoms with van der Waals surface area (Å²) >= 11 is 0. The minimum atomic E-state index is -0.243. The van der Waals surface area contributed by atoms with Gasteiger partial charge in [0, 0.05) is 50.3 Å². The van der Waals surface area contributed by atoms with E-state index in [9.17, 15) is 4.79 Å². The van der Waals surface area contributed by atoms with Crippen molar-refractivity contribution in [3.8, 4) is 0 Å². The highest BCUT2D eigenvalue weighted by atomic mass is 16.2. The van der Waals surface area contributed by atoms with Gasteiger partial charge in [0.05, 0.1) is 0 Å². The lowest BCUT2D eigenvalue weighted by molar-refractivity contribution is -0.134. The molecule has 1 amide bonds. The molecule has 1 aliphatic heterocycles. The standard InChI is InChI=1S/C18H28N6O/c1-12(2)16-19-7-9-23(16)14(5)18(25)22-8-6-15-20-21-17(13(3)4)24(15)11-10-22/h7,9,12-14H,6,8,10-11H2,1-5H3. The lowest BCUT2D eigenvalue weighted by Crippen LogP contribution is -2.38. The quantitative estimate of drug-likeness (QED) is 0.854. The van der Waals surface area contributed by atoms with Crippen molar-refractivity contribution in [2.45, 2.75) is 65.5 Å². The maximum Gasteiger partial charge on any atom is 0.245 e. The van der Waals surface area contributed by atoms with Gasteiger partial charge in [-0.2, -0.15) is 0 Å². The molecule has 0 N–H and O–H groups in total. The zero-order valence-electron chi connectivity index (χ0n) is 15.8. The van der Waals surface area contributed by atoms with Crippen molar-refractivity contribution in [2.24, 2.45) is 0 Å². The molecule has 25 heavy (non-hydrogen) atoms. The number of carbonyl (C=O) groups is 1. The van der Waals surface area contributed by atoms with E-state index in [-0.39, 0.29) is 11.9 Å². The number of carbonyl (C=O) groups excluding carboxylic acids is 1. The van der Waals surface area contributed by atoms with Gasteiger partial charge in [0.25, 0.3) is 0 Å². The van der Waals surface area contributed by atoms with Crippen molar-refractivity contribution in [3.63, 3.8) is 0 Å². The third kappa shape index (κ3) is 3.32. The van der Waals surface area contributed by atoms with Crippen LogP contribution >= 0.6 is 0 Å². The molecule has 0 spiro atoms. The van der Waals surface area contributed by atoms with Crippen LogP contribution in [-0.2, 0) is 17.8 Å². The zero-order chi connectivity index (χ0) is 18.1. The Morgan fingerprint density at radius 2 is 1.72 bits per heavy atom. The van der Waals surface area contributed by atoms with Crippen LogP contribution in [0.25, 0.3) is 0 Å². The largest absolute Gasteiger partial charge is 0.339 e. The molecule has 0 fully saturated rings. The monoisotopic (exact) mass is 344 g/mol. The molecular weight excluding hydrogens is 316 g/mol. The first kappa shape index (κ1) is 17.6. The van der Waals surface area contributed by atoms with E-state index in [4.69, 9.17) is 0 Å². The summed E-state index contributed by atoms with van der Waals surface area (Å²) in [6.45, 7) is 12.5. The van der Waals surface area contributed by atoms with E-state index >= 15 is 0 Å². The molecule has 136 valence electrons. The van der Waals surface area contributed by atoms with Gasteiger partial charge in [-0.05, 0) is 6.92 Å². The molecule has 0 bridgehead atoms. The van der Waals surface area contributed by atoms with E-state index in [0.717, 1.165) is 30.4 Å². The average Bonchev–Trinajstić information content (AvgIpc) is 3.16. The van der Waals surface area contributed by atoms with Crippen molar-refractivity contribution in [1.82, 2.24) is 29.2 Å². The fourth-order valence-corrected chi connectivity index (χ4v) is 3.48. The minimum absolute atomic E-state index is 0.143. The number of amides is 1. The van der Waals surface area contributed by atoms with Crippen LogP contribution < -0.4 is 0 Å². The number of aromatic nitrogens is 5. The number of hydrogen-bond acceptors (Lipinski definition) is 4. The molecular formula is C18H28N6O. The van der Waals surface area contributed by atoms with Gasteiger partial charge in [-0.1, -0.05) is 27.7 Å². The summed E-state index contributed by atoms with van der Waals surface area (Å²) in [5.41, 5.74) is 0. The van der Waals surface area contributed by atoms with Crippen LogP contribution in [0.15, 0.2) is 12.4 Å². The summed E-state index contributed by atoms with van der Waals surface area (Å²) in [6, 6.07) is -0.243. The first-order valence-corrected chi connectivity index (χ1v) is 9.13. The predicted molar refractivity (Wildman–Crippen MR) is 95.4 cm³/mol. The highest BCUT2D eigenvalue weighted by Crippen LogP contribution is 2.21. The highest BCUT2D eigenvalue weighted by molar-refractivity contribution is 5.80. The second kappa shape index (κ2) is 6.98. The molecule has 0 saturated carbocycles. The van der Waals surface area contributed by atoms with E-state index < -0.39 is 0 Å². The molecule has 0 aliphatic carbocycles. The average molecular weight is 344 g/mol. The molecule has 1 unspecified atom stereocenters. The molecule has 2 aromatic rings. The van der Waals surface area contributed by atoms with Gasteiger partial charge < -0.3 is 14.0 Å². The van der Waals surface area contributed by atoms with Crippen LogP contribution in [0, 0.1) is 0 Å². The van der Waals surface area contributed by atoms with Gasteiger partial charge in [-0.15, -0.1) is 10.2 Å². The van der Waals surface area contributed by atoms with Crippen LogP contribution in [0.2, 0.25) is 0 Å². The number of rotatable bonds is 4. The first-order valence-electron chi connectivity index (χ1n) is 9.13. The Morgan fingerprint density at radius 1 is 1.00 bits per heavy atom. The molecule has 0 aromatic carbocycles. The summed E-state index contributed by atoms with van der Waals surface area (Å²) in [4.78, 5) is 19.4. The molecule has 3 rings (SSSR count). The van der Waals surface area contributed by atoms with Crippen molar-refractivity contribution in [2.75, 3.05) is 13.1 Å². The lowest BCUT2D eigenvalue weighted by Gasteiger charge is -2.26. The molecule has 1 aliphatic rings. The van der Waals surface area contributed by atoms with E-state index in [0.29, 0.717) is 24.9 Å². The molecule has 2 aromatic heterocycles. The predicted octanol–water partition coefficient (Wildman–Crippen LogP) is 2.37. The SMILES string of the molecule is CC(C)c1nccn1C(C)C(=O)N1CCc2nnc(C(C)C)n2CC1. The normalized spacial score (nSPS) is 16.2. The Balaban J connectivity index is 1.75. The van der Waals surface area contributed by atoms with Crippen LogP contribution in [0.3, 0.4) is 0 Å². The van der Waals surface area contributed by atoms with Crippen LogP contribution in [0.5, 0.6) is 0 Å². The fraction of sp³-hybridized carbons (Fsp3) is 0.667. The number of imidazole rings is 1. The van der Waals surface area contributed by atoms with Crippen molar-refractivity contribution in [3.05, 3.63) is 29.9 Å². The Kier molecular flexibility index (Phi) is 4.92. The van der Waals surface area contributed by atoms with Gasteiger partial charge in [-0.3, -0.25) is 4.79 Å². The molecule has 1 atom stereocenters. The van der Waals surface area contributed by atoms with Crippen LogP contribution in [0.4, 0.5) is 0 Å². The van der Waals surface area contributed by atoms with Gasteiger partial charge >= 0.3 is 0 Å². The second-order valence-electron chi connectivity index (χ2n) is 7.38. The topological polar surface area (TPSA) is 68.8 Å². The summed E-state index contributed by atoms with van der Waals surface area (Å²) in [6.07, 6.45) is 4.43. The van der Waals surface area contributed by atoms with Crippen molar-refractivity contribution in [1.29, 1.82) is 0 Å². The van der Waals surface area contributed by atoms with Gasteiger partial charge in [-0.25, -0.2) is 4.98 Å². The summed E-state index contributed by atoms with van der Waals surface area (Å²) in [5.74, 6) is 3.71. The van der Waals surface area contributed by atoms with Gasteiger partial charge in [0.1, 0.15) is 23.5 Å². The Hall–Kier alpha value is -2.18. The van der Waals surface area contributed by atoms with Gasteiger partial charge in [0.15, 0.2) is 0 Å². The second-order valence-corrected chi connectivity index (χ2v) is 7.38. The zero-order valence-corrected chi connectivity index (χ0v) is 15.8. The van der Waals surface area contributed by atoms with E-state index in [1.165, 1.54) is 0 Å². The fourth-order valence-electron chi connectivity index (χ4n) is 3.48. The summed E-state index contributed by atoms with van der Waals surface area (Å²) < 4.78 is 4.18. The minimum Gasteiger partial charge on any atom is -0.339 e. The maximum atomic E-state index is 13.0. The molecule has 0 radical (unpaired) electrons. The Bertz CT molecular complexity index is 745. The molecule has 3 heterocycles. The van der Waals surface area contributed by atoms with Crippen LogP contribution in [-0.4, -0.2) is 48.2 Å². The number of hydrogen-bond donors (Lipinski definition) is 0. The maximum absolute atomic E-state index is 13.0. The van der Waals surface area contributed by atoms with Crippen molar-refractivity contribution >= 4 is 5.91 Å². The lowest BCUT2D eigenvalue weighted by atomic mass is 10.2. The van der Waals surface area contributed by atoms with E-state index in [1.54, 1.807) is 6.20 Å². The Labute approximate surface area is 149 Å². The third-order valence-electron chi connectivity index (χ3n) is 4.87. The Morgan fingerprint density at radius 3 is 2.40 bits per heavy atom. The highest BCUT2D eigenvalue weighted by Gasteiger charge is 2.27. The third-order valence-corrected chi connectivity index (χ3v) is 4.87.